The van der Waals surface area contributed by atoms with Crippen LogP contribution in [0.2, 0.25) is 0 Å². The quantitative estimate of drug-likeness (QED) is 0.507. The molecule has 0 aliphatic heterocycles. The third-order valence-electron chi connectivity index (χ3n) is 4.58. The molecule has 166 valence electrons. The summed E-state index contributed by atoms with van der Waals surface area (Å²) in [7, 11) is -2.80. The number of anilines is 1. The van der Waals surface area contributed by atoms with Crippen LogP contribution in [0.15, 0.2) is 83.8 Å². The van der Waals surface area contributed by atoms with E-state index in [1.807, 2.05) is 30.3 Å². The predicted octanol–water partition coefficient (Wildman–Crippen LogP) is 3.14. The Labute approximate surface area is 185 Å². The van der Waals surface area contributed by atoms with Crippen LogP contribution in [0.1, 0.15) is 15.9 Å². The Bertz CT molecular complexity index is 1200. The second-order valence-electron chi connectivity index (χ2n) is 6.88. The first-order chi connectivity index (χ1) is 15.3. The van der Waals surface area contributed by atoms with Crippen LogP contribution in [0.4, 0.5) is 10.1 Å². The SMILES string of the molecule is COC(=O)C(Cc1ccccc1)NC(=O)c1cccc(S(=O)(=O)Nc2ccc(F)cc2)c1. The molecule has 0 bridgehead atoms. The van der Waals surface area contributed by atoms with Crippen LogP contribution in [0.25, 0.3) is 0 Å². The lowest BCUT2D eigenvalue weighted by atomic mass is 10.1. The van der Waals surface area contributed by atoms with Crippen LogP contribution in [0.3, 0.4) is 0 Å². The summed E-state index contributed by atoms with van der Waals surface area (Å²) in [6, 6.07) is 18.3. The Kier molecular flexibility index (Phi) is 7.21. The van der Waals surface area contributed by atoms with Crippen molar-refractivity contribution >= 4 is 27.6 Å². The van der Waals surface area contributed by atoms with Gasteiger partial charge in [-0.05, 0) is 48.0 Å². The number of esters is 1. The molecule has 1 unspecified atom stereocenters. The van der Waals surface area contributed by atoms with Gasteiger partial charge in [-0.2, -0.15) is 0 Å². The molecule has 2 N–H and O–H groups in total. The smallest absolute Gasteiger partial charge is 0.328 e. The molecule has 9 heteroatoms. The summed E-state index contributed by atoms with van der Waals surface area (Å²) in [5.41, 5.74) is 1.05. The first kappa shape index (κ1) is 23.0. The van der Waals surface area contributed by atoms with Gasteiger partial charge in [-0.3, -0.25) is 9.52 Å². The Morgan fingerprint density at radius 1 is 0.969 bits per heavy atom. The van der Waals surface area contributed by atoms with E-state index in [1.54, 1.807) is 0 Å². The first-order valence-corrected chi connectivity index (χ1v) is 11.1. The zero-order valence-corrected chi connectivity index (χ0v) is 17.9. The molecule has 0 heterocycles. The summed E-state index contributed by atoms with van der Waals surface area (Å²) in [5.74, 6) is -1.75. The number of hydrogen-bond acceptors (Lipinski definition) is 5. The monoisotopic (exact) mass is 456 g/mol. The molecule has 0 radical (unpaired) electrons. The van der Waals surface area contributed by atoms with Gasteiger partial charge in [0.1, 0.15) is 11.9 Å². The van der Waals surface area contributed by atoms with Crippen molar-refractivity contribution < 1.29 is 27.1 Å². The van der Waals surface area contributed by atoms with Gasteiger partial charge in [0.2, 0.25) is 0 Å². The molecular weight excluding hydrogens is 435 g/mol. The molecule has 32 heavy (non-hydrogen) atoms. The molecule has 0 saturated heterocycles. The second-order valence-corrected chi connectivity index (χ2v) is 8.56. The Hall–Kier alpha value is -3.72. The van der Waals surface area contributed by atoms with E-state index in [0.717, 1.165) is 17.7 Å². The third kappa shape index (κ3) is 5.92. The summed E-state index contributed by atoms with van der Waals surface area (Å²) in [6.07, 6.45) is 0.212. The minimum absolute atomic E-state index is 0.0499. The topological polar surface area (TPSA) is 102 Å². The van der Waals surface area contributed by atoms with E-state index in [4.69, 9.17) is 4.74 Å². The number of sulfonamides is 1. The number of rotatable bonds is 8. The average molecular weight is 456 g/mol. The van der Waals surface area contributed by atoms with E-state index >= 15 is 0 Å². The van der Waals surface area contributed by atoms with Gasteiger partial charge in [0.15, 0.2) is 0 Å². The van der Waals surface area contributed by atoms with E-state index in [1.165, 1.54) is 43.5 Å². The minimum atomic E-state index is -4.02. The van der Waals surface area contributed by atoms with Gasteiger partial charge in [-0.1, -0.05) is 36.4 Å². The van der Waals surface area contributed by atoms with E-state index in [2.05, 4.69) is 10.0 Å². The average Bonchev–Trinajstić information content (AvgIpc) is 2.80. The van der Waals surface area contributed by atoms with Crippen molar-refractivity contribution in [3.8, 4) is 0 Å². The van der Waals surface area contributed by atoms with Crippen molar-refractivity contribution in [2.75, 3.05) is 11.8 Å². The number of carbonyl (C=O) groups excluding carboxylic acids is 2. The maximum atomic E-state index is 13.1. The van der Waals surface area contributed by atoms with Crippen molar-refractivity contribution in [3.63, 3.8) is 0 Å². The molecule has 3 aromatic carbocycles. The highest BCUT2D eigenvalue weighted by molar-refractivity contribution is 7.92. The molecule has 1 atom stereocenters. The highest BCUT2D eigenvalue weighted by Gasteiger charge is 2.23. The number of nitrogens with one attached hydrogen (secondary N) is 2. The lowest BCUT2D eigenvalue weighted by Crippen LogP contribution is -2.43. The highest BCUT2D eigenvalue weighted by atomic mass is 32.2. The van der Waals surface area contributed by atoms with E-state index in [-0.39, 0.29) is 22.6 Å². The van der Waals surface area contributed by atoms with E-state index in [0.29, 0.717) is 0 Å². The molecule has 0 aliphatic rings. The molecule has 7 nitrogen and oxygen atoms in total. The van der Waals surface area contributed by atoms with Crippen molar-refractivity contribution in [1.29, 1.82) is 0 Å². The molecular formula is C23H21FN2O5S. The number of halogens is 1. The fourth-order valence-electron chi connectivity index (χ4n) is 2.96. The Morgan fingerprint density at radius 2 is 1.66 bits per heavy atom. The Balaban J connectivity index is 1.78. The lowest BCUT2D eigenvalue weighted by molar-refractivity contribution is -0.142. The first-order valence-electron chi connectivity index (χ1n) is 9.59. The lowest BCUT2D eigenvalue weighted by Gasteiger charge is -2.17. The molecule has 1 amide bonds. The van der Waals surface area contributed by atoms with Crippen LogP contribution in [0.5, 0.6) is 0 Å². The summed E-state index contributed by atoms with van der Waals surface area (Å²) < 4.78 is 45.5. The molecule has 3 aromatic rings. The fourth-order valence-corrected chi connectivity index (χ4v) is 4.07. The molecule has 3 rings (SSSR count). The number of ether oxygens (including phenoxy) is 1. The standard InChI is InChI=1S/C23H21FN2O5S/c1-31-23(28)21(14-16-6-3-2-4-7-16)25-22(27)17-8-5-9-20(15-17)32(29,30)26-19-12-10-18(24)11-13-19/h2-13,15,21,26H,14H2,1H3,(H,25,27). The van der Waals surface area contributed by atoms with Crippen LogP contribution in [-0.4, -0.2) is 33.4 Å². The number of carbonyl (C=O) groups is 2. The van der Waals surface area contributed by atoms with Crippen LogP contribution in [0, 0.1) is 5.82 Å². The van der Waals surface area contributed by atoms with Gasteiger partial charge in [-0.15, -0.1) is 0 Å². The van der Waals surface area contributed by atoms with Crippen LogP contribution >= 0.6 is 0 Å². The largest absolute Gasteiger partial charge is 0.467 e. The normalized spacial score (nSPS) is 11.9. The van der Waals surface area contributed by atoms with Crippen LogP contribution in [-0.2, 0) is 26.0 Å². The van der Waals surface area contributed by atoms with E-state index in [9.17, 15) is 22.4 Å². The van der Waals surface area contributed by atoms with Crippen LogP contribution < -0.4 is 10.0 Å². The van der Waals surface area contributed by atoms with Gasteiger partial charge in [0.05, 0.1) is 12.0 Å². The summed E-state index contributed by atoms with van der Waals surface area (Å²) in [4.78, 5) is 24.8. The Morgan fingerprint density at radius 3 is 2.31 bits per heavy atom. The zero-order valence-electron chi connectivity index (χ0n) is 17.1. The van der Waals surface area contributed by atoms with Gasteiger partial charge < -0.3 is 10.1 Å². The summed E-state index contributed by atoms with van der Waals surface area (Å²) in [6.45, 7) is 0. The van der Waals surface area contributed by atoms with Crippen molar-refractivity contribution in [1.82, 2.24) is 5.32 Å². The van der Waals surface area contributed by atoms with Gasteiger partial charge >= 0.3 is 5.97 Å². The van der Waals surface area contributed by atoms with E-state index < -0.39 is 33.8 Å². The van der Waals surface area contributed by atoms with Gasteiger partial charge in [-0.25, -0.2) is 17.6 Å². The van der Waals surface area contributed by atoms with Crippen molar-refractivity contribution in [3.05, 3.63) is 95.8 Å². The number of methoxy groups -OCH3 is 1. The summed E-state index contributed by atoms with van der Waals surface area (Å²) in [5, 5.41) is 2.60. The van der Waals surface area contributed by atoms with Gasteiger partial charge in [0, 0.05) is 17.7 Å². The molecule has 0 aromatic heterocycles. The number of hydrogen-bond donors (Lipinski definition) is 2. The van der Waals surface area contributed by atoms with Crippen molar-refractivity contribution in [2.24, 2.45) is 0 Å². The predicted molar refractivity (Wildman–Crippen MR) is 117 cm³/mol. The maximum absolute atomic E-state index is 13.1. The second kappa shape index (κ2) is 10.1. The molecule has 0 spiro atoms. The highest BCUT2D eigenvalue weighted by Crippen LogP contribution is 2.18. The minimum Gasteiger partial charge on any atom is -0.467 e. The number of amides is 1. The fraction of sp³-hybridized carbons (Fsp3) is 0.130. The third-order valence-corrected chi connectivity index (χ3v) is 5.96. The maximum Gasteiger partial charge on any atom is 0.328 e. The molecule has 0 fully saturated rings. The molecule has 0 saturated carbocycles. The zero-order chi connectivity index (χ0) is 23.1. The van der Waals surface area contributed by atoms with Crippen molar-refractivity contribution in [2.45, 2.75) is 17.4 Å². The summed E-state index contributed by atoms with van der Waals surface area (Å²) >= 11 is 0. The van der Waals surface area contributed by atoms with Gasteiger partial charge in [0.25, 0.3) is 15.9 Å². The number of benzene rings is 3. The molecule has 0 aliphatic carbocycles.